The number of aromatic nitrogens is 2. The number of para-hydroxylation sites is 2. The SMILES string of the molecule is O=C(c1ccc(OCc2ccccc2)cc1)N1Cc2cn[nH]c2Nc2ccccc21. The van der Waals surface area contributed by atoms with Crippen LogP contribution in [0.3, 0.4) is 0 Å². The lowest BCUT2D eigenvalue weighted by atomic mass is 10.1. The zero-order valence-corrected chi connectivity index (χ0v) is 16.2. The van der Waals surface area contributed by atoms with Gasteiger partial charge >= 0.3 is 0 Å². The Labute approximate surface area is 174 Å². The fourth-order valence-electron chi connectivity index (χ4n) is 3.52. The highest BCUT2D eigenvalue weighted by Gasteiger charge is 2.25. The highest BCUT2D eigenvalue weighted by Crippen LogP contribution is 2.35. The fraction of sp³-hybridized carbons (Fsp3) is 0.0833. The largest absolute Gasteiger partial charge is 0.489 e. The molecule has 0 aliphatic carbocycles. The molecule has 2 N–H and O–H groups in total. The molecule has 4 aromatic rings. The number of fused-ring (bicyclic) bond motifs is 2. The van der Waals surface area contributed by atoms with Crippen molar-refractivity contribution >= 4 is 23.1 Å². The summed E-state index contributed by atoms with van der Waals surface area (Å²) in [5.74, 6) is 1.46. The van der Waals surface area contributed by atoms with Crippen molar-refractivity contribution in [2.24, 2.45) is 0 Å². The predicted octanol–water partition coefficient (Wildman–Crippen LogP) is 4.89. The van der Waals surface area contributed by atoms with Crippen molar-refractivity contribution in [3.8, 4) is 5.75 Å². The molecule has 148 valence electrons. The monoisotopic (exact) mass is 396 g/mol. The molecule has 0 saturated heterocycles. The second-order valence-electron chi connectivity index (χ2n) is 7.10. The molecule has 2 heterocycles. The van der Waals surface area contributed by atoms with Gasteiger partial charge in [0.05, 0.1) is 24.1 Å². The fourth-order valence-corrected chi connectivity index (χ4v) is 3.52. The standard InChI is InChI=1S/C24H20N4O2/c29-24(18-10-12-20(13-11-18)30-16-17-6-2-1-3-7-17)28-15-19-14-25-27-23(19)26-21-8-4-5-9-22(21)28/h1-14H,15-16H2,(H2,25,26,27). The molecule has 1 aliphatic rings. The Morgan fingerprint density at radius 3 is 2.57 bits per heavy atom. The first-order chi connectivity index (χ1) is 14.8. The smallest absolute Gasteiger partial charge is 0.258 e. The average molecular weight is 396 g/mol. The topological polar surface area (TPSA) is 70.2 Å². The first-order valence-electron chi connectivity index (χ1n) is 9.75. The number of hydrogen-bond acceptors (Lipinski definition) is 4. The molecular weight excluding hydrogens is 376 g/mol. The number of carbonyl (C=O) groups is 1. The Kier molecular flexibility index (Phi) is 4.65. The molecule has 0 radical (unpaired) electrons. The number of benzene rings is 3. The van der Waals surface area contributed by atoms with Gasteiger partial charge in [-0.05, 0) is 42.0 Å². The summed E-state index contributed by atoms with van der Waals surface area (Å²) in [7, 11) is 0. The lowest BCUT2D eigenvalue weighted by Crippen LogP contribution is -2.29. The average Bonchev–Trinajstić information content (AvgIpc) is 3.17. The Bertz CT molecular complexity index is 1170. The summed E-state index contributed by atoms with van der Waals surface area (Å²) in [5.41, 5.74) is 4.32. The molecule has 1 aromatic heterocycles. The summed E-state index contributed by atoms with van der Waals surface area (Å²) in [5, 5.41) is 10.4. The van der Waals surface area contributed by atoms with Gasteiger partial charge in [0.15, 0.2) is 0 Å². The van der Waals surface area contributed by atoms with E-state index in [0.717, 1.165) is 34.1 Å². The van der Waals surface area contributed by atoms with Gasteiger partial charge in [0.25, 0.3) is 5.91 Å². The first-order valence-corrected chi connectivity index (χ1v) is 9.75. The van der Waals surface area contributed by atoms with Crippen LogP contribution in [-0.2, 0) is 13.2 Å². The van der Waals surface area contributed by atoms with E-state index in [1.165, 1.54) is 0 Å². The third-order valence-corrected chi connectivity index (χ3v) is 5.10. The van der Waals surface area contributed by atoms with Crippen molar-refractivity contribution in [2.75, 3.05) is 10.2 Å². The highest BCUT2D eigenvalue weighted by molar-refractivity contribution is 6.08. The zero-order chi connectivity index (χ0) is 20.3. The van der Waals surface area contributed by atoms with Crippen LogP contribution in [0.15, 0.2) is 85.1 Å². The summed E-state index contributed by atoms with van der Waals surface area (Å²) in [6, 6.07) is 25.0. The number of aromatic amines is 1. The van der Waals surface area contributed by atoms with Crippen molar-refractivity contribution in [3.05, 3.63) is 102 Å². The quantitative estimate of drug-likeness (QED) is 0.515. The number of anilines is 3. The van der Waals surface area contributed by atoms with Gasteiger partial charge in [0.1, 0.15) is 18.2 Å². The maximum Gasteiger partial charge on any atom is 0.258 e. The normalized spacial score (nSPS) is 12.3. The predicted molar refractivity (Wildman–Crippen MR) is 116 cm³/mol. The number of rotatable bonds is 4. The van der Waals surface area contributed by atoms with Crippen LogP contribution in [-0.4, -0.2) is 16.1 Å². The maximum absolute atomic E-state index is 13.4. The van der Waals surface area contributed by atoms with Crippen LogP contribution >= 0.6 is 0 Å². The summed E-state index contributed by atoms with van der Waals surface area (Å²) in [6.45, 7) is 0.920. The van der Waals surface area contributed by atoms with Crippen molar-refractivity contribution in [1.29, 1.82) is 0 Å². The van der Waals surface area contributed by atoms with E-state index in [9.17, 15) is 4.79 Å². The summed E-state index contributed by atoms with van der Waals surface area (Å²) in [4.78, 5) is 15.1. The summed E-state index contributed by atoms with van der Waals surface area (Å²) in [6.07, 6.45) is 1.75. The van der Waals surface area contributed by atoms with Gasteiger partial charge in [-0.15, -0.1) is 0 Å². The number of ether oxygens (including phenoxy) is 1. The molecule has 0 spiro atoms. The molecular formula is C24H20N4O2. The van der Waals surface area contributed by atoms with Gasteiger partial charge in [-0.25, -0.2) is 0 Å². The number of nitrogens with zero attached hydrogens (tertiary/aromatic N) is 2. The molecule has 1 amide bonds. The van der Waals surface area contributed by atoms with E-state index in [0.29, 0.717) is 18.7 Å². The molecule has 0 unspecified atom stereocenters. The second-order valence-corrected chi connectivity index (χ2v) is 7.10. The Balaban J connectivity index is 1.37. The van der Waals surface area contributed by atoms with E-state index in [4.69, 9.17) is 4.74 Å². The van der Waals surface area contributed by atoms with Gasteiger partial charge in [-0.2, -0.15) is 5.10 Å². The van der Waals surface area contributed by atoms with Crippen LogP contribution in [0.1, 0.15) is 21.5 Å². The van der Waals surface area contributed by atoms with Crippen LogP contribution in [0.25, 0.3) is 0 Å². The van der Waals surface area contributed by atoms with Crippen LogP contribution in [0, 0.1) is 0 Å². The first kappa shape index (κ1) is 18.0. The summed E-state index contributed by atoms with van der Waals surface area (Å²) >= 11 is 0. The number of amides is 1. The minimum absolute atomic E-state index is 0.0760. The highest BCUT2D eigenvalue weighted by atomic mass is 16.5. The third-order valence-electron chi connectivity index (χ3n) is 5.10. The zero-order valence-electron chi connectivity index (χ0n) is 16.2. The number of hydrogen-bond donors (Lipinski definition) is 2. The van der Waals surface area contributed by atoms with Crippen LogP contribution in [0.4, 0.5) is 17.2 Å². The molecule has 3 aromatic carbocycles. The van der Waals surface area contributed by atoms with E-state index in [1.54, 1.807) is 23.2 Å². The van der Waals surface area contributed by atoms with E-state index >= 15 is 0 Å². The van der Waals surface area contributed by atoms with E-state index in [2.05, 4.69) is 15.5 Å². The number of H-pyrrole nitrogens is 1. The van der Waals surface area contributed by atoms with Crippen molar-refractivity contribution in [1.82, 2.24) is 10.2 Å². The molecule has 6 nitrogen and oxygen atoms in total. The van der Waals surface area contributed by atoms with Crippen LogP contribution in [0.5, 0.6) is 5.75 Å². The Hall–Kier alpha value is -4.06. The second kappa shape index (κ2) is 7.75. The minimum Gasteiger partial charge on any atom is -0.489 e. The maximum atomic E-state index is 13.4. The van der Waals surface area contributed by atoms with Gasteiger partial charge in [-0.3, -0.25) is 9.89 Å². The molecule has 1 aliphatic heterocycles. The molecule has 0 saturated carbocycles. The van der Waals surface area contributed by atoms with Gasteiger partial charge in [0.2, 0.25) is 0 Å². The minimum atomic E-state index is -0.0760. The lowest BCUT2D eigenvalue weighted by Gasteiger charge is -2.22. The summed E-state index contributed by atoms with van der Waals surface area (Å²) < 4.78 is 5.84. The van der Waals surface area contributed by atoms with Crippen molar-refractivity contribution < 1.29 is 9.53 Å². The lowest BCUT2D eigenvalue weighted by molar-refractivity contribution is 0.0985. The van der Waals surface area contributed by atoms with E-state index in [1.807, 2.05) is 66.7 Å². The molecule has 0 bridgehead atoms. The van der Waals surface area contributed by atoms with Gasteiger partial charge in [0, 0.05) is 11.1 Å². The molecule has 0 fully saturated rings. The van der Waals surface area contributed by atoms with Crippen LogP contribution < -0.4 is 15.0 Å². The molecule has 5 rings (SSSR count). The van der Waals surface area contributed by atoms with Gasteiger partial charge in [-0.1, -0.05) is 42.5 Å². The Morgan fingerprint density at radius 2 is 1.73 bits per heavy atom. The van der Waals surface area contributed by atoms with Crippen LogP contribution in [0.2, 0.25) is 0 Å². The van der Waals surface area contributed by atoms with Crippen molar-refractivity contribution in [3.63, 3.8) is 0 Å². The number of carbonyl (C=O) groups excluding carboxylic acids is 1. The van der Waals surface area contributed by atoms with E-state index < -0.39 is 0 Å². The molecule has 30 heavy (non-hydrogen) atoms. The molecule has 6 heteroatoms. The van der Waals surface area contributed by atoms with Gasteiger partial charge < -0.3 is 15.0 Å². The number of nitrogens with one attached hydrogen (secondary N) is 2. The Morgan fingerprint density at radius 1 is 0.967 bits per heavy atom. The van der Waals surface area contributed by atoms with E-state index in [-0.39, 0.29) is 5.91 Å². The molecule has 0 atom stereocenters. The third kappa shape index (κ3) is 3.51. The van der Waals surface area contributed by atoms with Crippen molar-refractivity contribution in [2.45, 2.75) is 13.2 Å².